The molecule has 1 aromatic carbocycles. The third kappa shape index (κ3) is 3.08. The van der Waals surface area contributed by atoms with Gasteiger partial charge >= 0.3 is 0 Å². The highest BCUT2D eigenvalue weighted by atomic mass is 32.2. The molecule has 0 unspecified atom stereocenters. The number of halogens is 1. The molecular formula is C13H15FOS. The zero-order valence-corrected chi connectivity index (χ0v) is 9.93. The fourth-order valence-electron chi connectivity index (χ4n) is 1.97. The van der Waals surface area contributed by atoms with E-state index in [1.54, 1.807) is 23.9 Å². The van der Waals surface area contributed by atoms with Gasteiger partial charge in [-0.2, -0.15) is 11.8 Å². The van der Waals surface area contributed by atoms with E-state index < -0.39 is 0 Å². The first-order valence-electron chi connectivity index (χ1n) is 5.66. The molecule has 1 aliphatic rings. The van der Waals surface area contributed by atoms with Crippen LogP contribution in [0.4, 0.5) is 4.39 Å². The zero-order chi connectivity index (χ0) is 11.4. The van der Waals surface area contributed by atoms with Gasteiger partial charge in [0.05, 0.1) is 5.75 Å². The molecule has 0 atom stereocenters. The van der Waals surface area contributed by atoms with Crippen LogP contribution in [0.1, 0.15) is 36.0 Å². The highest BCUT2D eigenvalue weighted by molar-refractivity contribution is 8.00. The Bertz CT molecular complexity index is 355. The van der Waals surface area contributed by atoms with E-state index in [0.29, 0.717) is 16.6 Å². The fourth-order valence-corrected chi connectivity index (χ4v) is 3.19. The molecule has 0 spiro atoms. The Kier molecular flexibility index (Phi) is 3.99. The molecule has 0 saturated heterocycles. The predicted octanol–water partition coefficient (Wildman–Crippen LogP) is 3.68. The number of carbonyl (C=O) groups is 1. The van der Waals surface area contributed by atoms with Gasteiger partial charge in [-0.3, -0.25) is 4.79 Å². The molecule has 1 aromatic rings. The highest BCUT2D eigenvalue weighted by Crippen LogP contribution is 2.29. The Morgan fingerprint density at radius 1 is 1.25 bits per heavy atom. The molecule has 0 aliphatic heterocycles. The first-order valence-corrected chi connectivity index (χ1v) is 6.71. The van der Waals surface area contributed by atoms with Crippen LogP contribution < -0.4 is 0 Å². The van der Waals surface area contributed by atoms with E-state index in [2.05, 4.69) is 0 Å². The maximum Gasteiger partial charge on any atom is 0.172 e. The zero-order valence-electron chi connectivity index (χ0n) is 9.12. The monoisotopic (exact) mass is 238 g/mol. The van der Waals surface area contributed by atoms with Crippen LogP contribution in [-0.2, 0) is 0 Å². The van der Waals surface area contributed by atoms with Crippen molar-refractivity contribution < 1.29 is 9.18 Å². The number of Topliss-reactive ketones (excluding diaryl/α,β-unsaturated/α-hetero) is 1. The molecule has 1 fully saturated rings. The van der Waals surface area contributed by atoms with E-state index in [1.807, 2.05) is 0 Å². The average Bonchev–Trinajstić information content (AvgIpc) is 2.80. The molecule has 0 heterocycles. The number of thioether (sulfide) groups is 1. The third-order valence-corrected chi connectivity index (χ3v) is 4.29. The van der Waals surface area contributed by atoms with Crippen molar-refractivity contribution in [2.45, 2.75) is 30.9 Å². The molecule has 3 heteroatoms. The van der Waals surface area contributed by atoms with Crippen molar-refractivity contribution in [3.8, 4) is 0 Å². The number of hydrogen-bond acceptors (Lipinski definition) is 2. The van der Waals surface area contributed by atoms with Crippen LogP contribution in [0.5, 0.6) is 0 Å². The number of ketones is 1. The summed E-state index contributed by atoms with van der Waals surface area (Å²) in [6.07, 6.45) is 5.06. The van der Waals surface area contributed by atoms with Crippen LogP contribution in [0.3, 0.4) is 0 Å². The Balaban J connectivity index is 1.85. The molecule has 0 radical (unpaired) electrons. The lowest BCUT2D eigenvalue weighted by Crippen LogP contribution is -2.06. The van der Waals surface area contributed by atoms with Crippen LogP contribution >= 0.6 is 11.8 Å². The van der Waals surface area contributed by atoms with E-state index in [-0.39, 0.29) is 11.6 Å². The van der Waals surface area contributed by atoms with Crippen molar-refractivity contribution in [2.75, 3.05) is 5.75 Å². The topological polar surface area (TPSA) is 17.1 Å². The average molecular weight is 238 g/mol. The van der Waals surface area contributed by atoms with Crippen molar-refractivity contribution in [2.24, 2.45) is 0 Å². The maximum absolute atomic E-state index is 12.7. The van der Waals surface area contributed by atoms with Gasteiger partial charge in [-0.25, -0.2) is 4.39 Å². The van der Waals surface area contributed by atoms with E-state index in [1.165, 1.54) is 37.8 Å². The number of benzene rings is 1. The van der Waals surface area contributed by atoms with Gasteiger partial charge in [-0.05, 0) is 37.1 Å². The lowest BCUT2D eigenvalue weighted by molar-refractivity contribution is 0.102. The van der Waals surface area contributed by atoms with E-state index >= 15 is 0 Å². The SMILES string of the molecule is O=C(CSC1CCCC1)c1ccc(F)cc1. The molecule has 1 nitrogen and oxygen atoms in total. The van der Waals surface area contributed by atoms with Gasteiger partial charge in [0.2, 0.25) is 0 Å². The quantitative estimate of drug-likeness (QED) is 0.744. The van der Waals surface area contributed by atoms with Gasteiger partial charge in [-0.1, -0.05) is 12.8 Å². The van der Waals surface area contributed by atoms with E-state index in [4.69, 9.17) is 0 Å². The summed E-state index contributed by atoms with van der Waals surface area (Å²) < 4.78 is 12.7. The molecule has 1 aliphatic carbocycles. The first-order chi connectivity index (χ1) is 7.75. The minimum absolute atomic E-state index is 0.108. The Morgan fingerprint density at radius 2 is 1.88 bits per heavy atom. The number of rotatable bonds is 4. The molecule has 16 heavy (non-hydrogen) atoms. The summed E-state index contributed by atoms with van der Waals surface area (Å²) in [5, 5.41) is 0.657. The number of hydrogen-bond donors (Lipinski definition) is 0. The summed E-state index contributed by atoms with van der Waals surface area (Å²) in [4.78, 5) is 11.8. The largest absolute Gasteiger partial charge is 0.293 e. The second-order valence-electron chi connectivity index (χ2n) is 4.15. The summed E-state index contributed by atoms with van der Waals surface area (Å²) in [6, 6.07) is 5.81. The van der Waals surface area contributed by atoms with Gasteiger partial charge in [0.1, 0.15) is 5.82 Å². The Hall–Kier alpha value is -0.830. The lowest BCUT2D eigenvalue weighted by Gasteiger charge is -2.07. The van der Waals surface area contributed by atoms with Gasteiger partial charge in [0, 0.05) is 10.8 Å². The normalized spacial score (nSPS) is 16.6. The predicted molar refractivity (Wildman–Crippen MR) is 65.4 cm³/mol. The Labute approximate surface area is 99.4 Å². The van der Waals surface area contributed by atoms with Crippen molar-refractivity contribution in [3.63, 3.8) is 0 Å². The summed E-state index contributed by atoms with van der Waals surface area (Å²) in [7, 11) is 0. The fraction of sp³-hybridized carbons (Fsp3) is 0.462. The summed E-state index contributed by atoms with van der Waals surface area (Å²) in [5.41, 5.74) is 0.617. The van der Waals surface area contributed by atoms with Crippen LogP contribution in [-0.4, -0.2) is 16.8 Å². The van der Waals surface area contributed by atoms with Gasteiger partial charge in [0.25, 0.3) is 0 Å². The van der Waals surface area contributed by atoms with E-state index in [9.17, 15) is 9.18 Å². The molecule has 2 rings (SSSR count). The Morgan fingerprint density at radius 3 is 2.50 bits per heavy atom. The number of carbonyl (C=O) groups excluding carboxylic acids is 1. The summed E-state index contributed by atoms with van der Waals surface area (Å²) in [5.74, 6) is 0.341. The highest BCUT2D eigenvalue weighted by Gasteiger charge is 2.17. The molecule has 0 amide bonds. The van der Waals surface area contributed by atoms with Crippen LogP contribution in [0, 0.1) is 5.82 Å². The summed E-state index contributed by atoms with van der Waals surface area (Å²) in [6.45, 7) is 0. The van der Waals surface area contributed by atoms with Gasteiger partial charge in [-0.15, -0.1) is 0 Å². The standard InChI is InChI=1S/C13H15FOS/c14-11-7-5-10(6-8-11)13(15)9-16-12-3-1-2-4-12/h5-8,12H,1-4,9H2. The molecule has 1 saturated carbocycles. The van der Waals surface area contributed by atoms with Gasteiger partial charge < -0.3 is 0 Å². The van der Waals surface area contributed by atoms with Crippen molar-refractivity contribution in [1.82, 2.24) is 0 Å². The minimum Gasteiger partial charge on any atom is -0.293 e. The van der Waals surface area contributed by atoms with Crippen LogP contribution in [0.2, 0.25) is 0 Å². The maximum atomic E-state index is 12.7. The third-order valence-electron chi connectivity index (χ3n) is 2.92. The lowest BCUT2D eigenvalue weighted by atomic mass is 10.1. The molecular weight excluding hydrogens is 223 g/mol. The van der Waals surface area contributed by atoms with Crippen molar-refractivity contribution >= 4 is 17.5 Å². The van der Waals surface area contributed by atoms with Gasteiger partial charge in [0.15, 0.2) is 5.78 Å². The molecule has 0 N–H and O–H groups in total. The van der Waals surface area contributed by atoms with Crippen molar-refractivity contribution in [3.05, 3.63) is 35.6 Å². The minimum atomic E-state index is -0.292. The van der Waals surface area contributed by atoms with Crippen molar-refractivity contribution in [1.29, 1.82) is 0 Å². The molecule has 0 aromatic heterocycles. The molecule has 86 valence electrons. The second kappa shape index (κ2) is 5.48. The first kappa shape index (κ1) is 11.6. The molecule has 0 bridgehead atoms. The summed E-state index contributed by atoms with van der Waals surface area (Å²) >= 11 is 1.75. The van der Waals surface area contributed by atoms with Crippen LogP contribution in [0.15, 0.2) is 24.3 Å². The van der Waals surface area contributed by atoms with E-state index in [0.717, 1.165) is 0 Å². The van der Waals surface area contributed by atoms with Crippen LogP contribution in [0.25, 0.3) is 0 Å². The smallest absolute Gasteiger partial charge is 0.172 e. The second-order valence-corrected chi connectivity index (χ2v) is 5.44.